The number of benzene rings is 2. The van der Waals surface area contributed by atoms with E-state index in [0.717, 1.165) is 23.5 Å². The fourth-order valence-corrected chi connectivity index (χ4v) is 5.45. The van der Waals surface area contributed by atoms with E-state index in [1.54, 1.807) is 0 Å². The minimum absolute atomic E-state index is 0. The second kappa shape index (κ2) is 11.5. The van der Waals surface area contributed by atoms with Crippen LogP contribution in [0.3, 0.4) is 0 Å². The highest BCUT2D eigenvalue weighted by Crippen LogP contribution is 2.31. The monoisotopic (exact) mass is 537 g/mol. The molecule has 12 heteroatoms. The normalized spacial score (nSPS) is 11.6. The lowest BCUT2D eigenvalue weighted by molar-refractivity contribution is -0.118. The summed E-state index contributed by atoms with van der Waals surface area (Å²) in [6.07, 6.45) is 0.315. The number of hydrogen-bond acceptors (Lipinski definition) is 6. The number of nitrogens with zero attached hydrogens (tertiary/aromatic N) is 3. The average Bonchev–Trinajstić information content (AvgIpc) is 3.13. The van der Waals surface area contributed by atoms with Gasteiger partial charge >= 0.3 is 0 Å². The molecule has 0 unspecified atom stereocenters. The molecule has 0 saturated carbocycles. The van der Waals surface area contributed by atoms with Crippen molar-refractivity contribution in [3.63, 3.8) is 0 Å². The Labute approximate surface area is 206 Å². The first kappa shape index (κ1) is 27.4. The highest BCUT2D eigenvalue weighted by molar-refractivity contribution is 7.91. The number of hydrogen-bond donors (Lipinski definition) is 0. The number of carbonyl (C=O) groups is 1. The summed E-state index contributed by atoms with van der Waals surface area (Å²) in [7, 11) is 0.0795. The molecule has 2 aromatic carbocycles. The van der Waals surface area contributed by atoms with E-state index in [1.807, 2.05) is 19.0 Å². The maximum Gasteiger partial charge on any atom is 0.229 e. The molecule has 0 aliphatic carbocycles. The van der Waals surface area contributed by atoms with Crippen molar-refractivity contribution >= 4 is 66.4 Å². The fraction of sp³-hybridized carbons (Fsp3) is 0.333. The van der Waals surface area contributed by atoms with E-state index >= 15 is 0 Å². The van der Waals surface area contributed by atoms with Crippen LogP contribution in [0.2, 0.25) is 5.02 Å². The number of sulfone groups is 1. The minimum Gasteiger partial charge on any atom is -0.309 e. The number of carbonyl (C=O) groups excluding carboxylic acids is 1. The lowest BCUT2D eigenvalue weighted by atomic mass is 10.3. The van der Waals surface area contributed by atoms with Crippen LogP contribution >= 0.6 is 35.3 Å². The van der Waals surface area contributed by atoms with E-state index in [9.17, 15) is 22.0 Å². The van der Waals surface area contributed by atoms with Gasteiger partial charge in [0.05, 0.1) is 15.3 Å². The Morgan fingerprint density at radius 3 is 2.42 bits per heavy atom. The number of anilines is 1. The van der Waals surface area contributed by atoms with Crippen LogP contribution in [0.15, 0.2) is 41.3 Å². The Morgan fingerprint density at radius 1 is 1.12 bits per heavy atom. The van der Waals surface area contributed by atoms with E-state index in [2.05, 4.69) is 4.98 Å². The molecule has 3 rings (SSSR count). The Morgan fingerprint density at radius 2 is 1.79 bits per heavy atom. The summed E-state index contributed by atoms with van der Waals surface area (Å²) < 4.78 is 53.2. The van der Waals surface area contributed by atoms with Gasteiger partial charge in [0, 0.05) is 24.1 Å². The van der Waals surface area contributed by atoms with Gasteiger partial charge in [0.1, 0.15) is 11.3 Å². The zero-order valence-corrected chi connectivity index (χ0v) is 21.1. The third-order valence-electron chi connectivity index (χ3n) is 4.68. The number of aromatic nitrogens is 1. The Hall–Kier alpha value is -1.85. The van der Waals surface area contributed by atoms with Crippen LogP contribution in [0, 0.1) is 11.6 Å². The topological polar surface area (TPSA) is 70.6 Å². The SMILES string of the molecule is CN(C)CCCN(C(=O)CCS(=O)(=O)c1ccc(Cl)cc1)c1nc2c(F)cc(F)cc2s1.Cl. The van der Waals surface area contributed by atoms with Gasteiger partial charge in [-0.3, -0.25) is 9.69 Å². The third kappa shape index (κ3) is 7.07. The Balaban J connectivity index is 0.00000385. The highest BCUT2D eigenvalue weighted by Gasteiger charge is 2.24. The first-order valence-corrected chi connectivity index (χ1v) is 12.6. The van der Waals surface area contributed by atoms with Crippen molar-refractivity contribution in [2.75, 3.05) is 37.8 Å². The summed E-state index contributed by atoms with van der Waals surface area (Å²) in [6.45, 7) is 0.947. The van der Waals surface area contributed by atoms with Gasteiger partial charge in [-0.05, 0) is 57.4 Å². The first-order valence-electron chi connectivity index (χ1n) is 9.76. The summed E-state index contributed by atoms with van der Waals surface area (Å²) in [5.41, 5.74) is -0.0226. The lowest BCUT2D eigenvalue weighted by Crippen LogP contribution is -2.34. The van der Waals surface area contributed by atoms with E-state index in [-0.39, 0.29) is 45.6 Å². The van der Waals surface area contributed by atoms with Crippen LogP contribution in [0.5, 0.6) is 0 Å². The number of halogens is 4. The van der Waals surface area contributed by atoms with E-state index in [4.69, 9.17) is 11.6 Å². The third-order valence-corrected chi connectivity index (χ3v) is 7.69. The van der Waals surface area contributed by atoms with Crippen LogP contribution in [0.25, 0.3) is 10.2 Å². The quantitative estimate of drug-likeness (QED) is 0.392. The van der Waals surface area contributed by atoms with Gasteiger partial charge in [-0.1, -0.05) is 22.9 Å². The van der Waals surface area contributed by atoms with Crippen LogP contribution < -0.4 is 4.90 Å². The molecule has 0 atom stereocenters. The van der Waals surface area contributed by atoms with Gasteiger partial charge in [-0.25, -0.2) is 22.2 Å². The van der Waals surface area contributed by atoms with Gasteiger partial charge in [0.15, 0.2) is 20.8 Å². The fourth-order valence-electron chi connectivity index (χ4n) is 3.05. The molecule has 0 radical (unpaired) electrons. The Bertz CT molecular complexity index is 1220. The van der Waals surface area contributed by atoms with Crippen molar-refractivity contribution in [3.8, 4) is 0 Å². The molecule has 0 bridgehead atoms. The second-order valence-electron chi connectivity index (χ2n) is 7.46. The van der Waals surface area contributed by atoms with Gasteiger partial charge in [-0.15, -0.1) is 12.4 Å². The maximum absolute atomic E-state index is 14.1. The van der Waals surface area contributed by atoms with Crippen molar-refractivity contribution in [3.05, 3.63) is 53.1 Å². The molecule has 6 nitrogen and oxygen atoms in total. The van der Waals surface area contributed by atoms with Crippen molar-refractivity contribution in [1.29, 1.82) is 0 Å². The molecule has 0 aliphatic heterocycles. The molecule has 0 fully saturated rings. The maximum atomic E-state index is 14.1. The summed E-state index contributed by atoms with van der Waals surface area (Å²) in [5.74, 6) is -2.40. The van der Waals surface area contributed by atoms with Gasteiger partial charge in [0.2, 0.25) is 5.91 Å². The molecule has 3 aromatic rings. The molecular weight excluding hydrogens is 515 g/mol. The van der Waals surface area contributed by atoms with E-state index in [0.29, 0.717) is 18.0 Å². The highest BCUT2D eigenvalue weighted by atomic mass is 35.5. The van der Waals surface area contributed by atoms with Crippen molar-refractivity contribution in [2.45, 2.75) is 17.7 Å². The van der Waals surface area contributed by atoms with Crippen LogP contribution in [0.4, 0.5) is 13.9 Å². The molecule has 1 amide bonds. The van der Waals surface area contributed by atoms with Gasteiger partial charge < -0.3 is 4.90 Å². The summed E-state index contributed by atoms with van der Waals surface area (Å²) in [5, 5.41) is 0.615. The predicted molar refractivity (Wildman–Crippen MR) is 130 cm³/mol. The molecule has 1 aromatic heterocycles. The lowest BCUT2D eigenvalue weighted by Gasteiger charge is -2.21. The predicted octanol–water partition coefficient (Wildman–Crippen LogP) is 4.80. The zero-order valence-electron chi connectivity index (χ0n) is 17.9. The number of rotatable bonds is 9. The molecular formula is C21H23Cl2F2N3O3S2. The van der Waals surface area contributed by atoms with Crippen molar-refractivity contribution in [2.24, 2.45) is 0 Å². The molecule has 33 heavy (non-hydrogen) atoms. The van der Waals surface area contributed by atoms with Crippen molar-refractivity contribution in [1.82, 2.24) is 9.88 Å². The van der Waals surface area contributed by atoms with E-state index < -0.39 is 33.1 Å². The van der Waals surface area contributed by atoms with Gasteiger partial charge in [0.25, 0.3) is 0 Å². The van der Waals surface area contributed by atoms with Crippen LogP contribution in [0.1, 0.15) is 12.8 Å². The Kier molecular flexibility index (Phi) is 9.57. The van der Waals surface area contributed by atoms with Crippen molar-refractivity contribution < 1.29 is 22.0 Å². The van der Waals surface area contributed by atoms with E-state index in [1.165, 1.54) is 29.2 Å². The van der Waals surface area contributed by atoms with Crippen LogP contribution in [-0.4, -0.2) is 57.1 Å². The summed E-state index contributed by atoms with van der Waals surface area (Å²) in [4.78, 5) is 20.6. The molecule has 0 aliphatic rings. The van der Waals surface area contributed by atoms with Gasteiger partial charge in [-0.2, -0.15) is 0 Å². The number of amides is 1. The minimum atomic E-state index is -3.70. The van der Waals surface area contributed by atoms with Crippen LogP contribution in [-0.2, 0) is 14.6 Å². The molecule has 180 valence electrons. The average molecular weight is 538 g/mol. The summed E-state index contributed by atoms with van der Waals surface area (Å²) in [6, 6.07) is 7.62. The largest absolute Gasteiger partial charge is 0.309 e. The zero-order chi connectivity index (χ0) is 23.5. The summed E-state index contributed by atoms with van der Waals surface area (Å²) >= 11 is 6.80. The molecule has 0 saturated heterocycles. The standard InChI is InChI=1S/C21H22ClF2N3O3S2.ClH/c1-26(2)9-3-10-27(21-25-20-17(24)12-15(23)13-18(20)31-21)19(28)8-11-32(29,30)16-6-4-14(22)5-7-16;/h4-7,12-13H,3,8-11H2,1-2H3;1H. The first-order chi connectivity index (χ1) is 15.1. The second-order valence-corrected chi connectivity index (χ2v) is 11.0. The molecule has 0 N–H and O–H groups in total. The number of thiazole rings is 1. The molecule has 1 heterocycles. The smallest absolute Gasteiger partial charge is 0.229 e. The molecule has 0 spiro atoms. The number of fused-ring (bicyclic) bond motifs is 1.